The Labute approximate surface area is 114 Å². The van der Waals surface area contributed by atoms with Crippen molar-refractivity contribution in [2.45, 2.75) is 13.3 Å². The molecule has 0 fully saturated rings. The first-order valence-corrected chi connectivity index (χ1v) is 6.08. The second-order valence-electron chi connectivity index (χ2n) is 4.09. The van der Waals surface area contributed by atoms with E-state index in [1.165, 1.54) is 5.56 Å². The van der Waals surface area contributed by atoms with Gasteiger partial charge in [-0.3, -0.25) is 0 Å². The van der Waals surface area contributed by atoms with E-state index in [2.05, 4.69) is 31.3 Å². The van der Waals surface area contributed by atoms with Gasteiger partial charge in [-0.2, -0.15) is 0 Å². The molecule has 0 bridgehead atoms. The average molecular weight is 255 g/mol. The predicted molar refractivity (Wildman–Crippen MR) is 79.9 cm³/mol. The minimum absolute atomic E-state index is 0.544. The summed E-state index contributed by atoms with van der Waals surface area (Å²) in [6.45, 7) is 5.82. The second kappa shape index (κ2) is 7.93. The molecule has 2 amide bonds. The fourth-order valence-corrected chi connectivity index (χ4v) is 1.43. The Kier molecular flexibility index (Phi) is 6.16. The number of carbonyl (C=O) groups is 1. The summed E-state index contributed by atoms with van der Waals surface area (Å²) >= 11 is 0. The molecule has 0 unspecified atom stereocenters. The number of nitrogens with two attached hydrogens (primary N) is 1. The number of hydrogen-bond donors (Lipinski definition) is 2. The van der Waals surface area contributed by atoms with Crippen molar-refractivity contribution < 1.29 is 4.79 Å². The summed E-state index contributed by atoms with van der Waals surface area (Å²) in [5, 5.41) is 2.47. The molecule has 3 N–H and O–H groups in total. The Morgan fingerprint density at radius 2 is 1.68 bits per heavy atom. The number of carbonyl (C=O) groups excluding carboxylic acids is 1. The minimum Gasteiger partial charge on any atom is -0.351 e. The number of amides is 2. The summed E-state index contributed by atoms with van der Waals surface area (Å²) in [5.74, 6) is 0. The van der Waals surface area contributed by atoms with Crippen LogP contribution in [0.15, 0.2) is 54.6 Å². The summed E-state index contributed by atoms with van der Waals surface area (Å²) in [4.78, 5) is 10.4. The molecule has 0 saturated heterocycles. The molecule has 2 aromatic carbocycles. The molecule has 0 saturated carbocycles. The van der Waals surface area contributed by atoms with Crippen LogP contribution in [0.5, 0.6) is 0 Å². The molecular weight excluding hydrogens is 236 g/mol. The Hall–Kier alpha value is -2.29. The van der Waals surface area contributed by atoms with Crippen molar-refractivity contribution in [1.29, 1.82) is 0 Å². The van der Waals surface area contributed by atoms with Gasteiger partial charge in [0.05, 0.1) is 0 Å². The lowest BCUT2D eigenvalue weighted by Crippen LogP contribution is -2.19. The maximum absolute atomic E-state index is 10.4. The third-order valence-corrected chi connectivity index (χ3v) is 2.45. The fourth-order valence-electron chi connectivity index (χ4n) is 1.43. The molecule has 19 heavy (non-hydrogen) atoms. The van der Waals surface area contributed by atoms with Crippen LogP contribution in [-0.2, 0) is 6.42 Å². The lowest BCUT2D eigenvalue weighted by atomic mass is 10.1. The summed E-state index contributed by atoms with van der Waals surface area (Å²) in [7, 11) is 0. The minimum atomic E-state index is -0.544. The van der Waals surface area contributed by atoms with Crippen LogP contribution in [0.3, 0.4) is 0 Å². The number of aryl methyl sites for hydroxylation is 1. The molecular formula is C16H19N2O. The van der Waals surface area contributed by atoms with E-state index in [0.29, 0.717) is 5.69 Å². The largest absolute Gasteiger partial charge is 0.351 e. The summed E-state index contributed by atoms with van der Waals surface area (Å²) in [6.07, 6.45) is 0.747. The Bertz CT molecular complexity index is 492. The van der Waals surface area contributed by atoms with Crippen LogP contribution < -0.4 is 11.1 Å². The Balaban J connectivity index is 0.000000218. The quantitative estimate of drug-likeness (QED) is 0.847. The van der Waals surface area contributed by atoms with Gasteiger partial charge in [-0.15, -0.1) is 0 Å². The lowest BCUT2D eigenvalue weighted by molar-refractivity contribution is 0.259. The molecule has 0 aliphatic rings. The molecule has 99 valence electrons. The van der Waals surface area contributed by atoms with Gasteiger partial charge in [-0.1, -0.05) is 48.0 Å². The topological polar surface area (TPSA) is 55.1 Å². The molecule has 1 radical (unpaired) electrons. The van der Waals surface area contributed by atoms with Crippen molar-refractivity contribution >= 4 is 11.7 Å². The van der Waals surface area contributed by atoms with E-state index in [1.54, 1.807) is 12.1 Å². The van der Waals surface area contributed by atoms with E-state index in [4.69, 9.17) is 5.73 Å². The molecule has 0 aliphatic carbocycles. The third-order valence-electron chi connectivity index (χ3n) is 2.45. The van der Waals surface area contributed by atoms with Gasteiger partial charge < -0.3 is 11.1 Å². The van der Waals surface area contributed by atoms with Gasteiger partial charge in [0.1, 0.15) is 0 Å². The number of urea groups is 1. The van der Waals surface area contributed by atoms with Crippen LogP contribution in [0.25, 0.3) is 0 Å². The summed E-state index contributed by atoms with van der Waals surface area (Å²) in [6, 6.07) is 17.1. The van der Waals surface area contributed by atoms with Crippen LogP contribution >= 0.6 is 0 Å². The first kappa shape index (κ1) is 14.8. The molecule has 0 spiro atoms. The number of hydrogen-bond acceptors (Lipinski definition) is 1. The molecule has 3 heteroatoms. The van der Waals surface area contributed by atoms with Gasteiger partial charge in [0.25, 0.3) is 0 Å². The van der Waals surface area contributed by atoms with Crippen molar-refractivity contribution in [1.82, 2.24) is 0 Å². The first-order chi connectivity index (χ1) is 9.11. The van der Waals surface area contributed by atoms with Crippen molar-refractivity contribution in [3.05, 3.63) is 72.6 Å². The van der Waals surface area contributed by atoms with Gasteiger partial charge in [-0.25, -0.2) is 4.79 Å². The molecule has 0 aliphatic heterocycles. The van der Waals surface area contributed by atoms with Gasteiger partial charge in [0.2, 0.25) is 0 Å². The molecule has 2 rings (SSSR count). The highest BCUT2D eigenvalue weighted by Crippen LogP contribution is 2.08. The Morgan fingerprint density at radius 3 is 2.05 bits per heavy atom. The highest BCUT2D eigenvalue weighted by atomic mass is 16.2. The van der Waals surface area contributed by atoms with E-state index < -0.39 is 6.03 Å². The SMILES string of the molecule is Cc1ccccc1.[CH2]Cc1ccc(NC(N)=O)cc1. The standard InChI is InChI=1S/C9H11N2O.C7H8/c1-2-7-3-5-8(6-4-7)11-9(10)12;1-7-5-3-2-4-6-7/h3-6H,1-2H2,(H3,10,11,12);2-6H,1H3. The van der Waals surface area contributed by atoms with Crippen molar-refractivity contribution in [3.8, 4) is 0 Å². The van der Waals surface area contributed by atoms with Crippen LogP contribution in [0, 0.1) is 13.8 Å². The number of anilines is 1. The smallest absolute Gasteiger partial charge is 0.316 e. The summed E-state index contributed by atoms with van der Waals surface area (Å²) in [5.41, 5.74) is 8.09. The molecule has 0 atom stereocenters. The summed E-state index contributed by atoms with van der Waals surface area (Å²) < 4.78 is 0. The molecule has 0 heterocycles. The van der Waals surface area contributed by atoms with Crippen LogP contribution in [0.4, 0.5) is 10.5 Å². The molecule has 3 nitrogen and oxygen atoms in total. The van der Waals surface area contributed by atoms with Gasteiger partial charge in [0, 0.05) is 5.69 Å². The number of benzene rings is 2. The fraction of sp³-hybridized carbons (Fsp3) is 0.125. The van der Waals surface area contributed by atoms with Crippen LogP contribution in [0.1, 0.15) is 11.1 Å². The van der Waals surface area contributed by atoms with E-state index >= 15 is 0 Å². The van der Waals surface area contributed by atoms with E-state index in [1.807, 2.05) is 30.3 Å². The maximum Gasteiger partial charge on any atom is 0.316 e. The van der Waals surface area contributed by atoms with Crippen molar-refractivity contribution in [2.24, 2.45) is 5.73 Å². The number of nitrogens with one attached hydrogen (secondary N) is 1. The van der Waals surface area contributed by atoms with Gasteiger partial charge in [0.15, 0.2) is 0 Å². The highest BCUT2D eigenvalue weighted by Gasteiger charge is 1.94. The van der Waals surface area contributed by atoms with Crippen molar-refractivity contribution in [3.63, 3.8) is 0 Å². The normalized spacial score (nSPS) is 9.16. The first-order valence-electron chi connectivity index (χ1n) is 6.08. The van der Waals surface area contributed by atoms with Gasteiger partial charge in [-0.05, 0) is 38.0 Å². The number of rotatable bonds is 2. The van der Waals surface area contributed by atoms with E-state index in [0.717, 1.165) is 12.0 Å². The second-order valence-corrected chi connectivity index (χ2v) is 4.09. The van der Waals surface area contributed by atoms with Crippen LogP contribution in [0.2, 0.25) is 0 Å². The van der Waals surface area contributed by atoms with Gasteiger partial charge >= 0.3 is 6.03 Å². The zero-order valence-corrected chi connectivity index (χ0v) is 11.1. The Morgan fingerprint density at radius 1 is 1.11 bits per heavy atom. The van der Waals surface area contributed by atoms with E-state index in [-0.39, 0.29) is 0 Å². The zero-order valence-electron chi connectivity index (χ0n) is 11.1. The molecule has 0 aromatic heterocycles. The maximum atomic E-state index is 10.4. The molecule has 2 aromatic rings. The highest BCUT2D eigenvalue weighted by molar-refractivity contribution is 5.87. The lowest BCUT2D eigenvalue weighted by Gasteiger charge is -2.01. The average Bonchev–Trinajstić information content (AvgIpc) is 2.40. The monoisotopic (exact) mass is 255 g/mol. The van der Waals surface area contributed by atoms with Crippen molar-refractivity contribution in [2.75, 3.05) is 5.32 Å². The zero-order chi connectivity index (χ0) is 14.1. The third kappa shape index (κ3) is 6.27. The number of primary amides is 1. The van der Waals surface area contributed by atoms with E-state index in [9.17, 15) is 4.79 Å². The predicted octanol–water partition coefficient (Wildman–Crippen LogP) is 3.55. The van der Waals surface area contributed by atoms with Crippen LogP contribution in [-0.4, -0.2) is 6.03 Å².